The van der Waals surface area contributed by atoms with Crippen molar-refractivity contribution in [1.82, 2.24) is 9.13 Å². The van der Waals surface area contributed by atoms with Crippen molar-refractivity contribution in [2.24, 2.45) is 12.0 Å². The molecular formula is C21H27N3O3. The topological polar surface area (TPSA) is 76.6 Å². The Balaban J connectivity index is 2.08. The summed E-state index contributed by atoms with van der Waals surface area (Å²) in [7, 11) is 1.60. The lowest BCUT2D eigenvalue weighted by Gasteiger charge is -2.12. The van der Waals surface area contributed by atoms with Gasteiger partial charge in [-0.2, -0.15) is 0 Å². The quantitative estimate of drug-likeness (QED) is 0.435. The molecule has 0 unspecified atom stereocenters. The highest BCUT2D eigenvalue weighted by atomic mass is 16.3. The van der Waals surface area contributed by atoms with Gasteiger partial charge in [0.05, 0.1) is 18.7 Å². The molecule has 0 aliphatic heterocycles. The van der Waals surface area contributed by atoms with Crippen LogP contribution < -0.4 is 11.2 Å². The number of hydrogen-bond acceptors (Lipinski definition) is 4. The minimum atomic E-state index is -0.461. The lowest BCUT2D eigenvalue weighted by atomic mass is 10.0. The standard InChI is InChI=1S/C21H27N3O3/c1-15-8-7-11-18(14-15)10-6-5-9-16(2)22-19-17(3)20(26)24(12-13-25)21(27)23(19)4/h8,14,25H,5-6,9-10,12-13H2,1-4H3. The molecular weight excluding hydrogens is 342 g/mol. The van der Waals surface area contributed by atoms with E-state index in [2.05, 4.69) is 22.5 Å². The highest BCUT2D eigenvalue weighted by molar-refractivity contribution is 5.84. The largest absolute Gasteiger partial charge is 0.395 e. The number of hydrogen-bond donors (Lipinski definition) is 1. The zero-order valence-electron chi connectivity index (χ0n) is 16.5. The number of allylic oxidation sites excluding steroid dienone is 4. The van der Waals surface area contributed by atoms with Crippen LogP contribution in [0.5, 0.6) is 0 Å². The molecule has 0 aromatic carbocycles. The van der Waals surface area contributed by atoms with Crippen LogP contribution in [0.3, 0.4) is 0 Å². The van der Waals surface area contributed by atoms with Crippen molar-refractivity contribution in [3.63, 3.8) is 0 Å². The summed E-state index contributed by atoms with van der Waals surface area (Å²) < 4.78 is 2.41. The van der Waals surface area contributed by atoms with Crippen molar-refractivity contribution in [3.8, 4) is 0 Å². The molecule has 144 valence electrons. The van der Waals surface area contributed by atoms with E-state index in [-0.39, 0.29) is 13.2 Å². The molecule has 1 aromatic heterocycles. The summed E-state index contributed by atoms with van der Waals surface area (Å²) in [6, 6.07) is 0. The van der Waals surface area contributed by atoms with Gasteiger partial charge in [0.1, 0.15) is 5.82 Å². The van der Waals surface area contributed by atoms with Crippen molar-refractivity contribution in [2.75, 3.05) is 6.61 Å². The molecule has 0 atom stereocenters. The van der Waals surface area contributed by atoms with Gasteiger partial charge in [-0.25, -0.2) is 9.79 Å². The molecule has 0 radical (unpaired) electrons. The summed E-state index contributed by atoms with van der Waals surface area (Å²) in [5, 5.41) is 9.04. The zero-order chi connectivity index (χ0) is 20.0. The van der Waals surface area contributed by atoms with E-state index in [4.69, 9.17) is 5.11 Å². The van der Waals surface area contributed by atoms with Crippen LogP contribution in [0.15, 0.2) is 49.3 Å². The molecule has 1 aromatic rings. The van der Waals surface area contributed by atoms with Crippen LogP contribution in [-0.4, -0.2) is 26.6 Å². The third-order valence-corrected chi connectivity index (χ3v) is 4.53. The van der Waals surface area contributed by atoms with Crippen molar-refractivity contribution < 1.29 is 5.11 Å². The third kappa shape index (κ3) is 5.18. The van der Waals surface area contributed by atoms with E-state index in [1.807, 2.05) is 19.9 Å². The molecule has 1 N–H and O–H groups in total. The smallest absolute Gasteiger partial charge is 0.332 e. The van der Waals surface area contributed by atoms with Gasteiger partial charge in [-0.1, -0.05) is 11.5 Å². The second-order valence-corrected chi connectivity index (χ2v) is 6.85. The first-order chi connectivity index (χ1) is 12.8. The molecule has 27 heavy (non-hydrogen) atoms. The molecule has 6 nitrogen and oxygen atoms in total. The van der Waals surface area contributed by atoms with Gasteiger partial charge in [0, 0.05) is 18.3 Å². The summed E-state index contributed by atoms with van der Waals surface area (Å²) in [5.74, 6) is 0.387. The average Bonchev–Trinajstić information content (AvgIpc) is 2.64. The number of rotatable bonds is 8. The predicted molar refractivity (Wildman–Crippen MR) is 108 cm³/mol. The average molecular weight is 369 g/mol. The highest BCUT2D eigenvalue weighted by Gasteiger charge is 2.13. The number of aliphatic hydroxyl groups is 1. The maximum Gasteiger partial charge on any atom is 0.332 e. The molecule has 2 rings (SSSR count). The van der Waals surface area contributed by atoms with E-state index in [9.17, 15) is 9.59 Å². The van der Waals surface area contributed by atoms with Crippen LogP contribution in [0.4, 0.5) is 5.82 Å². The minimum absolute atomic E-state index is 0.0112. The number of aliphatic hydroxyl groups excluding tert-OH is 1. The van der Waals surface area contributed by atoms with Gasteiger partial charge in [-0.3, -0.25) is 13.9 Å². The molecule has 0 amide bonds. The van der Waals surface area contributed by atoms with Gasteiger partial charge in [-0.05, 0) is 64.2 Å². The van der Waals surface area contributed by atoms with Crippen molar-refractivity contribution in [1.29, 1.82) is 0 Å². The molecule has 0 bridgehead atoms. The fourth-order valence-corrected chi connectivity index (χ4v) is 3.03. The molecule has 1 aliphatic carbocycles. The second-order valence-electron chi connectivity index (χ2n) is 6.85. The molecule has 0 saturated heterocycles. The molecule has 6 heteroatoms. The van der Waals surface area contributed by atoms with E-state index in [1.165, 1.54) is 10.1 Å². The number of aliphatic imine (C=N–C) groups is 1. The fraction of sp³-hybridized carbons (Fsp3) is 0.476. The summed E-state index contributed by atoms with van der Waals surface area (Å²) >= 11 is 0. The fourth-order valence-electron chi connectivity index (χ4n) is 3.03. The zero-order valence-corrected chi connectivity index (χ0v) is 16.5. The van der Waals surface area contributed by atoms with Crippen LogP contribution in [0, 0.1) is 6.92 Å². The van der Waals surface area contributed by atoms with Crippen LogP contribution in [0.1, 0.15) is 45.1 Å². The first kappa shape index (κ1) is 20.7. The van der Waals surface area contributed by atoms with Crippen molar-refractivity contribution >= 4 is 11.5 Å². The Kier molecular flexibility index (Phi) is 7.14. The van der Waals surface area contributed by atoms with E-state index in [1.54, 1.807) is 14.0 Å². The van der Waals surface area contributed by atoms with Crippen molar-refractivity contribution in [3.05, 3.63) is 61.2 Å². The summed E-state index contributed by atoms with van der Waals surface area (Å²) in [5.41, 5.74) is 8.94. The van der Waals surface area contributed by atoms with E-state index in [0.717, 1.165) is 41.5 Å². The van der Waals surface area contributed by atoms with E-state index in [0.29, 0.717) is 11.4 Å². The second kappa shape index (κ2) is 9.33. The summed E-state index contributed by atoms with van der Waals surface area (Å²) in [6.07, 6.45) is 7.75. The maximum atomic E-state index is 12.3. The molecule has 1 heterocycles. The Hall–Kier alpha value is -2.65. The lowest BCUT2D eigenvalue weighted by Crippen LogP contribution is -2.40. The molecule has 1 aliphatic rings. The Morgan fingerprint density at radius 2 is 2.00 bits per heavy atom. The van der Waals surface area contributed by atoms with Gasteiger partial charge in [0.15, 0.2) is 0 Å². The Labute approximate surface area is 159 Å². The first-order valence-corrected chi connectivity index (χ1v) is 9.19. The summed E-state index contributed by atoms with van der Waals surface area (Å²) in [6.45, 7) is 5.35. The van der Waals surface area contributed by atoms with Gasteiger partial charge in [-0.15, -0.1) is 0 Å². The lowest BCUT2D eigenvalue weighted by molar-refractivity contribution is 0.270. The Morgan fingerprint density at radius 1 is 1.26 bits per heavy atom. The molecule has 0 fully saturated rings. The van der Waals surface area contributed by atoms with Gasteiger partial charge < -0.3 is 5.11 Å². The normalized spacial score (nSPS) is 13.7. The van der Waals surface area contributed by atoms with Crippen molar-refractivity contribution in [2.45, 2.75) is 53.0 Å². The van der Waals surface area contributed by atoms with Gasteiger partial charge in [0.25, 0.3) is 5.56 Å². The number of aromatic nitrogens is 2. The third-order valence-electron chi connectivity index (χ3n) is 4.53. The van der Waals surface area contributed by atoms with E-state index >= 15 is 0 Å². The molecule has 0 spiro atoms. The number of unbranched alkanes of at least 4 members (excludes halogenated alkanes) is 1. The first-order valence-electron chi connectivity index (χ1n) is 9.19. The summed E-state index contributed by atoms with van der Waals surface area (Å²) in [4.78, 5) is 29.2. The van der Waals surface area contributed by atoms with E-state index < -0.39 is 11.2 Å². The highest BCUT2D eigenvalue weighted by Crippen LogP contribution is 2.16. The van der Waals surface area contributed by atoms with Crippen LogP contribution in [-0.2, 0) is 13.6 Å². The van der Waals surface area contributed by atoms with Gasteiger partial charge >= 0.3 is 5.69 Å². The Bertz CT molecular complexity index is 955. The maximum absolute atomic E-state index is 12.3. The Morgan fingerprint density at radius 3 is 2.67 bits per heavy atom. The van der Waals surface area contributed by atoms with Crippen LogP contribution in [0.25, 0.3) is 0 Å². The monoisotopic (exact) mass is 369 g/mol. The predicted octanol–water partition coefficient (Wildman–Crippen LogP) is 2.70. The number of nitrogens with zero attached hydrogens (tertiary/aromatic N) is 3. The SMILES string of the molecule is CC1=CC(CCCCC(C)=Nc2c(C)c(=O)n(CCO)c(=O)n2C)=C=C=C1. The molecule has 0 saturated carbocycles. The van der Waals surface area contributed by atoms with Crippen LogP contribution in [0.2, 0.25) is 0 Å². The van der Waals surface area contributed by atoms with Crippen LogP contribution >= 0.6 is 0 Å². The van der Waals surface area contributed by atoms with Gasteiger partial charge in [0.2, 0.25) is 0 Å². The minimum Gasteiger partial charge on any atom is -0.395 e.